The molecule has 18 heteroatoms. The fourth-order valence-corrected chi connectivity index (χ4v) is 3.15. The number of aromatic nitrogens is 4. The van der Waals surface area contributed by atoms with Gasteiger partial charge in [-0.1, -0.05) is 12.1 Å². The van der Waals surface area contributed by atoms with Crippen LogP contribution in [0.5, 0.6) is 5.75 Å². The zero-order valence-electron chi connectivity index (χ0n) is 21.0. The fraction of sp³-hybridized carbons (Fsp3) is 0.208. The van der Waals surface area contributed by atoms with Gasteiger partial charge in [-0.05, 0) is 41.8 Å². The Morgan fingerprint density at radius 1 is 1.02 bits per heavy atom. The number of hydrogen-bond donors (Lipinski definition) is 5. The molecule has 0 aliphatic heterocycles. The van der Waals surface area contributed by atoms with Crippen LogP contribution in [0, 0.1) is 5.82 Å². The molecule has 0 aliphatic carbocycles. The Balaban J connectivity index is 0.000000367. The van der Waals surface area contributed by atoms with Crippen LogP contribution in [-0.4, -0.2) is 61.8 Å². The summed E-state index contributed by atoms with van der Waals surface area (Å²) in [6.07, 6.45) is -6.45. The molecule has 2 aromatic heterocycles. The Bertz CT molecular complexity index is 1560. The number of methoxy groups -OCH3 is 1. The van der Waals surface area contributed by atoms with Crippen LogP contribution in [0.1, 0.15) is 17.4 Å². The minimum Gasteiger partial charge on any atom is -0.494 e. The molecule has 2 heterocycles. The number of aliphatic carboxylic acids is 2. The Labute approximate surface area is 229 Å². The van der Waals surface area contributed by atoms with E-state index in [9.17, 15) is 35.5 Å². The predicted molar refractivity (Wildman–Crippen MR) is 131 cm³/mol. The molecular formula is C24H20F7N5O6. The molecule has 0 amide bonds. The first-order chi connectivity index (χ1) is 19.4. The van der Waals surface area contributed by atoms with E-state index < -0.39 is 30.3 Å². The summed E-state index contributed by atoms with van der Waals surface area (Å²) >= 11 is 0. The van der Waals surface area contributed by atoms with E-state index in [1.165, 1.54) is 19.2 Å². The fourth-order valence-electron chi connectivity index (χ4n) is 3.15. The molecule has 1 atom stereocenters. The van der Waals surface area contributed by atoms with Gasteiger partial charge < -0.3 is 25.7 Å². The lowest BCUT2D eigenvalue weighted by molar-refractivity contribution is -0.193. The van der Waals surface area contributed by atoms with Gasteiger partial charge in [0.05, 0.1) is 24.7 Å². The van der Waals surface area contributed by atoms with Crippen molar-refractivity contribution in [2.45, 2.75) is 24.8 Å². The molecule has 42 heavy (non-hydrogen) atoms. The van der Waals surface area contributed by atoms with Crippen LogP contribution in [0.4, 0.5) is 30.7 Å². The number of benzene rings is 2. The molecule has 4 aromatic rings. The molecular weight excluding hydrogens is 587 g/mol. The number of fused-ring (bicyclic) bond motifs is 1. The van der Waals surface area contributed by atoms with Crippen molar-refractivity contribution >= 4 is 22.8 Å². The van der Waals surface area contributed by atoms with Crippen molar-refractivity contribution in [3.05, 3.63) is 76.4 Å². The van der Waals surface area contributed by atoms with Crippen molar-refractivity contribution in [1.29, 1.82) is 0 Å². The number of carbonyl (C=O) groups is 2. The number of aromatic amines is 2. The van der Waals surface area contributed by atoms with Crippen LogP contribution in [0.2, 0.25) is 0 Å². The zero-order chi connectivity index (χ0) is 31.8. The van der Waals surface area contributed by atoms with Crippen molar-refractivity contribution < 1.29 is 55.3 Å². The molecule has 11 nitrogen and oxygen atoms in total. The number of nitrogens with two attached hydrogens (primary N) is 1. The Kier molecular flexibility index (Phi) is 10.7. The van der Waals surface area contributed by atoms with Crippen LogP contribution in [-0.2, 0) is 16.0 Å². The SMILES string of the molecule is COc1cc(-c2cn[nH]c2)cc2c(=O)[nH]c([C@@H](N)Cc3cccc(F)c3)nc12.O=C(O)C(F)(F)F.O=C(O)C(F)(F)F. The summed E-state index contributed by atoms with van der Waals surface area (Å²) in [6.45, 7) is 0. The van der Waals surface area contributed by atoms with Gasteiger partial charge in [0.15, 0.2) is 0 Å². The standard InChI is InChI=1S/C20H18FN5O2.2C2HF3O2/c1-28-17-8-12(13-9-23-24-10-13)7-15-18(17)25-19(26-20(15)27)16(22)6-11-3-2-4-14(21)5-11;2*3-2(4,5)1(6)7/h2-5,7-10,16H,6,22H2,1H3,(H,23,24)(H,25,26,27);2*(H,6,7)/t16-;;/m0../s1. The van der Waals surface area contributed by atoms with Gasteiger partial charge in [0, 0.05) is 11.8 Å². The van der Waals surface area contributed by atoms with Crippen LogP contribution in [0.3, 0.4) is 0 Å². The van der Waals surface area contributed by atoms with Gasteiger partial charge >= 0.3 is 24.3 Å². The number of alkyl halides is 6. The first-order valence-corrected chi connectivity index (χ1v) is 11.1. The molecule has 0 aliphatic rings. The van der Waals surface area contributed by atoms with Crippen LogP contribution < -0.4 is 16.0 Å². The maximum atomic E-state index is 13.4. The summed E-state index contributed by atoms with van der Waals surface area (Å²) in [6, 6.07) is 9.11. The van der Waals surface area contributed by atoms with Crippen molar-refractivity contribution in [2.75, 3.05) is 7.11 Å². The molecule has 0 spiro atoms. The first-order valence-electron chi connectivity index (χ1n) is 11.1. The number of halogens is 7. The highest BCUT2D eigenvalue weighted by Crippen LogP contribution is 2.30. The van der Waals surface area contributed by atoms with Crippen LogP contribution in [0.25, 0.3) is 22.0 Å². The molecule has 6 N–H and O–H groups in total. The summed E-state index contributed by atoms with van der Waals surface area (Å²) in [5.41, 5.74) is 8.65. The number of ether oxygens (including phenoxy) is 1. The monoisotopic (exact) mass is 607 g/mol. The number of rotatable bonds is 5. The van der Waals surface area contributed by atoms with Gasteiger partial charge in [-0.3, -0.25) is 9.89 Å². The van der Waals surface area contributed by atoms with E-state index >= 15 is 0 Å². The van der Waals surface area contributed by atoms with E-state index in [1.807, 2.05) is 0 Å². The Morgan fingerprint density at radius 3 is 2.10 bits per heavy atom. The molecule has 0 saturated carbocycles. The lowest BCUT2D eigenvalue weighted by Crippen LogP contribution is -2.22. The van der Waals surface area contributed by atoms with Gasteiger partial charge in [-0.25, -0.2) is 19.0 Å². The summed E-state index contributed by atoms with van der Waals surface area (Å²) in [7, 11) is 1.52. The van der Waals surface area contributed by atoms with E-state index in [2.05, 4.69) is 20.2 Å². The average molecular weight is 607 g/mol. The highest BCUT2D eigenvalue weighted by Gasteiger charge is 2.38. The van der Waals surface area contributed by atoms with E-state index in [4.69, 9.17) is 30.3 Å². The number of hydrogen-bond acceptors (Lipinski definition) is 7. The van der Waals surface area contributed by atoms with Gasteiger partial charge in [0.2, 0.25) is 0 Å². The van der Waals surface area contributed by atoms with E-state index in [-0.39, 0.29) is 11.4 Å². The maximum absolute atomic E-state index is 13.4. The highest BCUT2D eigenvalue weighted by molar-refractivity contribution is 5.89. The second kappa shape index (κ2) is 13.6. The lowest BCUT2D eigenvalue weighted by atomic mass is 10.0. The van der Waals surface area contributed by atoms with Crippen molar-refractivity contribution in [3.63, 3.8) is 0 Å². The molecule has 226 valence electrons. The van der Waals surface area contributed by atoms with Crippen molar-refractivity contribution in [1.82, 2.24) is 20.2 Å². The zero-order valence-corrected chi connectivity index (χ0v) is 21.0. The molecule has 4 rings (SSSR count). The normalized spacial score (nSPS) is 11.9. The number of H-pyrrole nitrogens is 2. The molecule has 0 unspecified atom stereocenters. The van der Waals surface area contributed by atoms with Gasteiger partial charge in [-0.2, -0.15) is 31.4 Å². The van der Waals surface area contributed by atoms with E-state index in [0.29, 0.717) is 28.9 Å². The summed E-state index contributed by atoms with van der Waals surface area (Å²) in [4.78, 5) is 37.8. The molecule has 0 saturated heterocycles. The average Bonchev–Trinajstić information content (AvgIpc) is 3.43. The number of nitrogens with zero attached hydrogens (tertiary/aromatic N) is 2. The summed E-state index contributed by atoms with van der Waals surface area (Å²) < 4.78 is 82.3. The van der Waals surface area contributed by atoms with Gasteiger partial charge in [0.25, 0.3) is 5.56 Å². The second-order valence-corrected chi connectivity index (χ2v) is 8.06. The minimum atomic E-state index is -5.08. The van der Waals surface area contributed by atoms with Gasteiger partial charge in [-0.15, -0.1) is 0 Å². The third-order valence-electron chi connectivity index (χ3n) is 5.03. The van der Waals surface area contributed by atoms with Crippen molar-refractivity contribution in [2.24, 2.45) is 5.73 Å². The smallest absolute Gasteiger partial charge is 0.490 e. The Hall–Kier alpha value is -5.00. The predicted octanol–water partition coefficient (Wildman–Crippen LogP) is 3.97. The number of carboxylic acids is 2. The van der Waals surface area contributed by atoms with E-state index in [1.54, 1.807) is 36.7 Å². The quantitative estimate of drug-likeness (QED) is 0.210. The highest BCUT2D eigenvalue weighted by atomic mass is 19.4. The van der Waals surface area contributed by atoms with Crippen LogP contribution in [0.15, 0.2) is 53.6 Å². The van der Waals surface area contributed by atoms with E-state index in [0.717, 1.165) is 16.7 Å². The molecule has 0 radical (unpaired) electrons. The third-order valence-corrected chi connectivity index (χ3v) is 5.03. The maximum Gasteiger partial charge on any atom is 0.490 e. The third kappa shape index (κ3) is 9.29. The summed E-state index contributed by atoms with van der Waals surface area (Å²) in [5.74, 6) is -5.08. The topological polar surface area (TPSA) is 184 Å². The summed E-state index contributed by atoms with van der Waals surface area (Å²) in [5, 5.41) is 21.3. The molecule has 0 bridgehead atoms. The van der Waals surface area contributed by atoms with Crippen LogP contribution >= 0.6 is 0 Å². The van der Waals surface area contributed by atoms with Gasteiger partial charge in [0.1, 0.15) is 22.9 Å². The molecule has 2 aromatic carbocycles. The lowest BCUT2D eigenvalue weighted by Gasteiger charge is -2.13. The van der Waals surface area contributed by atoms with Crippen molar-refractivity contribution in [3.8, 4) is 16.9 Å². The minimum absolute atomic E-state index is 0.316. The number of nitrogens with one attached hydrogen (secondary N) is 2. The second-order valence-electron chi connectivity index (χ2n) is 8.06. The first kappa shape index (κ1) is 33.2. The Morgan fingerprint density at radius 2 is 1.62 bits per heavy atom. The molecule has 0 fully saturated rings. The number of carboxylic acid groups (broad SMARTS) is 2. The largest absolute Gasteiger partial charge is 0.494 e.